The molecule has 1 aliphatic rings. The third kappa shape index (κ3) is 2.62. The first-order valence-corrected chi connectivity index (χ1v) is 8.53. The lowest BCUT2D eigenvalue weighted by atomic mass is 9.86. The first-order valence-electron chi connectivity index (χ1n) is 7.75. The maximum atomic E-state index is 13.0. The maximum Gasteiger partial charge on any atom is 0.250 e. The van der Waals surface area contributed by atoms with Crippen molar-refractivity contribution < 1.29 is 19.4 Å². The zero-order valence-electron chi connectivity index (χ0n) is 13.1. The molecule has 0 saturated heterocycles. The molecule has 0 fully saturated rings. The van der Waals surface area contributed by atoms with Gasteiger partial charge in [-0.2, -0.15) is 4.37 Å². The first-order chi connectivity index (χ1) is 12.2. The summed E-state index contributed by atoms with van der Waals surface area (Å²) in [4.78, 5) is 25.0. The van der Waals surface area contributed by atoms with E-state index in [9.17, 15) is 9.59 Å². The topological polar surface area (TPSA) is 88.5 Å². The molecule has 2 N–H and O–H groups in total. The summed E-state index contributed by atoms with van der Waals surface area (Å²) in [6.45, 7) is -0.248. The Bertz CT molecular complexity index is 996. The van der Waals surface area contributed by atoms with Crippen LogP contribution in [0.2, 0.25) is 0 Å². The van der Waals surface area contributed by atoms with E-state index < -0.39 is 0 Å². The zero-order chi connectivity index (χ0) is 17.4. The second kappa shape index (κ2) is 6.36. The van der Waals surface area contributed by atoms with Gasteiger partial charge in [0.1, 0.15) is 6.61 Å². The lowest BCUT2D eigenvalue weighted by molar-refractivity contribution is -0.120. The summed E-state index contributed by atoms with van der Waals surface area (Å²) in [5, 5.41) is 12.3. The number of ketones is 1. The summed E-state index contributed by atoms with van der Waals surface area (Å²) in [5.41, 5.74) is 2.99. The van der Waals surface area contributed by atoms with E-state index in [1.165, 1.54) is 11.5 Å². The number of anilines is 1. The molecule has 1 aromatic heterocycles. The molecular formula is C18H14N2O4S. The van der Waals surface area contributed by atoms with E-state index in [0.717, 1.165) is 21.3 Å². The van der Waals surface area contributed by atoms with E-state index >= 15 is 0 Å². The zero-order valence-corrected chi connectivity index (χ0v) is 13.9. The van der Waals surface area contributed by atoms with Crippen molar-refractivity contribution in [2.24, 2.45) is 0 Å². The Hall–Kier alpha value is -2.61. The van der Waals surface area contributed by atoms with Crippen LogP contribution < -0.4 is 5.32 Å². The van der Waals surface area contributed by atoms with Crippen LogP contribution in [0.1, 0.15) is 15.9 Å². The van der Waals surface area contributed by atoms with Crippen molar-refractivity contribution in [1.29, 1.82) is 0 Å². The normalized spacial score (nSPS) is 12.3. The molecule has 0 radical (unpaired) electrons. The number of rotatable bonds is 5. The van der Waals surface area contributed by atoms with Gasteiger partial charge >= 0.3 is 0 Å². The fourth-order valence-electron chi connectivity index (χ4n) is 3.01. The number of aromatic nitrogens is 1. The molecule has 4 rings (SSSR count). The average molecular weight is 354 g/mol. The minimum atomic E-state index is -0.378. The molecule has 3 aromatic rings. The lowest BCUT2D eigenvalue weighted by Gasteiger charge is -2.18. The van der Waals surface area contributed by atoms with Crippen LogP contribution in [-0.4, -0.2) is 41.0 Å². The van der Waals surface area contributed by atoms with Crippen molar-refractivity contribution in [1.82, 2.24) is 4.37 Å². The highest BCUT2D eigenvalue weighted by Crippen LogP contribution is 2.42. The van der Waals surface area contributed by atoms with Crippen molar-refractivity contribution in [3.8, 4) is 11.3 Å². The third-order valence-corrected chi connectivity index (χ3v) is 4.84. The maximum absolute atomic E-state index is 13.0. The Morgan fingerprint density at radius 1 is 1.20 bits per heavy atom. The van der Waals surface area contributed by atoms with Gasteiger partial charge in [-0.1, -0.05) is 24.3 Å². The van der Waals surface area contributed by atoms with E-state index in [2.05, 4.69) is 9.69 Å². The molecule has 0 aliphatic heterocycles. The van der Waals surface area contributed by atoms with Gasteiger partial charge in [0.25, 0.3) is 0 Å². The standard InChI is InChI=1S/C18H14N2O4S/c21-7-8-24-9-14(22)19-12-5-1-3-10-15(12)18(23)11-4-2-6-13-16(11)17(10)20-25-13/h1-6,21H,7-9H2,(H,19,22). The number of ether oxygens (including phenoxy) is 1. The Labute approximate surface area is 147 Å². The summed E-state index contributed by atoms with van der Waals surface area (Å²) in [6.07, 6.45) is 0. The first kappa shape index (κ1) is 15.9. The Balaban J connectivity index is 1.76. The molecule has 0 spiro atoms. The van der Waals surface area contributed by atoms with E-state index in [1.54, 1.807) is 18.2 Å². The van der Waals surface area contributed by atoms with Crippen LogP contribution in [0.15, 0.2) is 36.4 Å². The predicted molar refractivity (Wildman–Crippen MR) is 95.0 cm³/mol. The molecule has 0 unspecified atom stereocenters. The van der Waals surface area contributed by atoms with Gasteiger partial charge in [0.2, 0.25) is 5.91 Å². The molecule has 1 heterocycles. The molecule has 7 heteroatoms. The van der Waals surface area contributed by atoms with Gasteiger partial charge in [-0.3, -0.25) is 9.59 Å². The lowest BCUT2D eigenvalue weighted by Crippen LogP contribution is -2.22. The van der Waals surface area contributed by atoms with Crippen LogP contribution in [-0.2, 0) is 9.53 Å². The number of hydrogen-bond donors (Lipinski definition) is 2. The monoisotopic (exact) mass is 354 g/mol. The molecule has 0 bridgehead atoms. The molecular weight excluding hydrogens is 340 g/mol. The van der Waals surface area contributed by atoms with E-state index in [0.29, 0.717) is 16.8 Å². The van der Waals surface area contributed by atoms with E-state index in [1.807, 2.05) is 18.2 Å². The molecule has 2 aromatic carbocycles. The fourth-order valence-corrected chi connectivity index (χ4v) is 3.83. The molecule has 1 amide bonds. The summed E-state index contributed by atoms with van der Waals surface area (Å²) in [5.74, 6) is -0.502. The number of aliphatic hydroxyl groups is 1. The minimum absolute atomic E-state index is 0.0867. The van der Waals surface area contributed by atoms with Gasteiger partial charge in [-0.05, 0) is 23.7 Å². The number of aliphatic hydroxyl groups excluding tert-OH is 1. The molecule has 0 saturated carbocycles. The third-order valence-electron chi connectivity index (χ3n) is 4.03. The molecule has 1 aliphatic carbocycles. The van der Waals surface area contributed by atoms with Gasteiger partial charge < -0.3 is 15.2 Å². The summed E-state index contributed by atoms with van der Waals surface area (Å²) in [6, 6.07) is 10.9. The Morgan fingerprint density at radius 3 is 2.84 bits per heavy atom. The van der Waals surface area contributed by atoms with Crippen molar-refractivity contribution in [2.45, 2.75) is 0 Å². The van der Waals surface area contributed by atoms with Gasteiger partial charge in [0.15, 0.2) is 5.78 Å². The number of fused-ring (bicyclic) bond motifs is 2. The van der Waals surface area contributed by atoms with Gasteiger partial charge in [0, 0.05) is 16.5 Å². The van der Waals surface area contributed by atoms with Crippen LogP contribution in [0.5, 0.6) is 0 Å². The molecule has 0 atom stereocenters. The summed E-state index contributed by atoms with van der Waals surface area (Å²) < 4.78 is 10.5. The average Bonchev–Trinajstić information content (AvgIpc) is 3.05. The Morgan fingerprint density at radius 2 is 2.00 bits per heavy atom. The van der Waals surface area contributed by atoms with Crippen molar-refractivity contribution >= 4 is 39.0 Å². The highest BCUT2D eigenvalue weighted by Gasteiger charge is 2.29. The number of carbonyl (C=O) groups is 2. The van der Waals surface area contributed by atoms with Crippen molar-refractivity contribution in [3.05, 3.63) is 47.5 Å². The largest absolute Gasteiger partial charge is 0.394 e. The molecule has 6 nitrogen and oxygen atoms in total. The smallest absolute Gasteiger partial charge is 0.250 e. The quantitative estimate of drug-likeness (QED) is 0.538. The van der Waals surface area contributed by atoms with Crippen LogP contribution in [0.4, 0.5) is 5.69 Å². The van der Waals surface area contributed by atoms with Crippen molar-refractivity contribution in [3.63, 3.8) is 0 Å². The van der Waals surface area contributed by atoms with Crippen LogP contribution in [0.25, 0.3) is 21.3 Å². The van der Waals surface area contributed by atoms with Crippen LogP contribution in [0.3, 0.4) is 0 Å². The van der Waals surface area contributed by atoms with E-state index in [4.69, 9.17) is 9.84 Å². The van der Waals surface area contributed by atoms with E-state index in [-0.39, 0.29) is 31.5 Å². The second-order valence-corrected chi connectivity index (χ2v) is 6.40. The number of carbonyl (C=O) groups excluding carboxylic acids is 2. The number of amides is 1. The second-order valence-electron chi connectivity index (χ2n) is 5.59. The van der Waals surface area contributed by atoms with Gasteiger partial charge in [-0.25, -0.2) is 0 Å². The van der Waals surface area contributed by atoms with Gasteiger partial charge in [0.05, 0.1) is 34.9 Å². The molecule has 25 heavy (non-hydrogen) atoms. The van der Waals surface area contributed by atoms with Crippen LogP contribution >= 0.6 is 11.5 Å². The summed E-state index contributed by atoms with van der Waals surface area (Å²) >= 11 is 1.36. The Kier molecular flexibility index (Phi) is 4.04. The van der Waals surface area contributed by atoms with Crippen LogP contribution in [0, 0.1) is 0 Å². The number of nitrogens with one attached hydrogen (secondary N) is 1. The summed E-state index contributed by atoms with van der Waals surface area (Å²) in [7, 11) is 0. The molecule has 126 valence electrons. The number of benzene rings is 2. The van der Waals surface area contributed by atoms with Gasteiger partial charge in [-0.15, -0.1) is 0 Å². The highest BCUT2D eigenvalue weighted by atomic mass is 32.1. The van der Waals surface area contributed by atoms with Crippen molar-refractivity contribution in [2.75, 3.05) is 25.1 Å². The predicted octanol–water partition coefficient (Wildman–Crippen LogP) is 2.46. The minimum Gasteiger partial charge on any atom is -0.394 e. The highest BCUT2D eigenvalue weighted by molar-refractivity contribution is 7.13. The number of hydrogen-bond acceptors (Lipinski definition) is 6. The fraction of sp³-hybridized carbons (Fsp3) is 0.167. The SMILES string of the molecule is O=C(COCCO)Nc1cccc2c1C(=O)c1cccc3snc-2c13. The number of nitrogens with zero attached hydrogens (tertiary/aromatic N) is 1.